The maximum absolute atomic E-state index is 12.1. The minimum Gasteiger partial charge on any atom is -0.368 e. The summed E-state index contributed by atoms with van der Waals surface area (Å²) in [5.74, 6) is 0.543. The molecular formula is C22H28N4O. The summed E-state index contributed by atoms with van der Waals surface area (Å²) in [6.07, 6.45) is 10.3. The van der Waals surface area contributed by atoms with Gasteiger partial charge in [-0.3, -0.25) is 4.79 Å². The second-order valence-electron chi connectivity index (χ2n) is 6.93. The Balaban J connectivity index is 1.36. The molecule has 0 unspecified atom stereocenters. The Morgan fingerprint density at radius 1 is 0.963 bits per heavy atom. The molecule has 0 spiro atoms. The topological polar surface area (TPSA) is 66.9 Å². The molecule has 5 heteroatoms. The van der Waals surface area contributed by atoms with E-state index in [2.05, 4.69) is 39.0 Å². The molecule has 142 valence electrons. The summed E-state index contributed by atoms with van der Waals surface area (Å²) in [5, 5.41) is 14.3. The Hall–Kier alpha value is -2.69. The predicted octanol–water partition coefficient (Wildman–Crippen LogP) is 4.14. The third kappa shape index (κ3) is 6.51. The fourth-order valence-corrected chi connectivity index (χ4v) is 3.26. The zero-order valence-electron chi connectivity index (χ0n) is 15.8. The van der Waals surface area contributed by atoms with Gasteiger partial charge in [0.05, 0.1) is 0 Å². The van der Waals surface area contributed by atoms with E-state index in [0.29, 0.717) is 18.1 Å². The maximum Gasteiger partial charge on any atom is 0.271 e. The van der Waals surface area contributed by atoms with Crippen LogP contribution < -0.4 is 10.6 Å². The summed E-state index contributed by atoms with van der Waals surface area (Å²) < 4.78 is 0. The van der Waals surface area contributed by atoms with Crippen molar-refractivity contribution in [2.24, 2.45) is 0 Å². The van der Waals surface area contributed by atoms with Crippen LogP contribution in [0.15, 0.2) is 54.1 Å². The normalized spacial score (nSPS) is 13.7. The average Bonchev–Trinajstić information content (AvgIpc) is 2.73. The maximum atomic E-state index is 12.1. The van der Waals surface area contributed by atoms with Crippen LogP contribution in [-0.4, -0.2) is 29.2 Å². The first kappa shape index (κ1) is 19.1. The molecule has 0 atom stereocenters. The van der Waals surface area contributed by atoms with Crippen molar-refractivity contribution in [3.05, 3.63) is 65.4 Å². The summed E-state index contributed by atoms with van der Waals surface area (Å²) >= 11 is 0. The fourth-order valence-electron chi connectivity index (χ4n) is 3.26. The quantitative estimate of drug-likeness (QED) is 0.518. The predicted molar refractivity (Wildman–Crippen MR) is 109 cm³/mol. The SMILES string of the molecule is O=C(NCCCc1ccccc1)c1ccc(NCCC2=CCCCC2)nn1. The zero-order valence-corrected chi connectivity index (χ0v) is 15.8. The smallest absolute Gasteiger partial charge is 0.271 e. The first-order chi connectivity index (χ1) is 13.3. The number of hydrogen-bond donors (Lipinski definition) is 2. The van der Waals surface area contributed by atoms with E-state index in [1.807, 2.05) is 24.3 Å². The van der Waals surface area contributed by atoms with Crippen molar-refractivity contribution in [1.82, 2.24) is 15.5 Å². The Kier molecular flexibility index (Phi) is 7.39. The van der Waals surface area contributed by atoms with Crippen LogP contribution in [0.3, 0.4) is 0 Å². The molecule has 27 heavy (non-hydrogen) atoms. The second-order valence-corrected chi connectivity index (χ2v) is 6.93. The molecule has 1 amide bonds. The largest absolute Gasteiger partial charge is 0.368 e. The van der Waals surface area contributed by atoms with Gasteiger partial charge >= 0.3 is 0 Å². The van der Waals surface area contributed by atoms with Crippen LogP contribution >= 0.6 is 0 Å². The van der Waals surface area contributed by atoms with Crippen LogP contribution in [0.4, 0.5) is 5.82 Å². The number of aromatic nitrogens is 2. The van der Waals surface area contributed by atoms with E-state index in [9.17, 15) is 4.79 Å². The lowest BCUT2D eigenvalue weighted by Gasteiger charge is -2.13. The summed E-state index contributed by atoms with van der Waals surface area (Å²) in [6, 6.07) is 13.8. The second kappa shape index (κ2) is 10.5. The Labute approximate surface area is 161 Å². The average molecular weight is 364 g/mol. The molecule has 0 bridgehead atoms. The molecular weight excluding hydrogens is 336 g/mol. The number of aryl methyl sites for hydroxylation is 1. The molecule has 0 saturated heterocycles. The minimum absolute atomic E-state index is 0.172. The molecule has 0 radical (unpaired) electrons. The van der Waals surface area contributed by atoms with E-state index >= 15 is 0 Å². The molecule has 3 rings (SSSR count). The van der Waals surface area contributed by atoms with Crippen molar-refractivity contribution >= 4 is 11.7 Å². The van der Waals surface area contributed by atoms with Crippen molar-refractivity contribution in [3.63, 3.8) is 0 Å². The summed E-state index contributed by atoms with van der Waals surface area (Å²) in [5.41, 5.74) is 3.18. The lowest BCUT2D eigenvalue weighted by atomic mass is 9.97. The number of benzene rings is 1. The lowest BCUT2D eigenvalue weighted by Crippen LogP contribution is -2.26. The molecule has 1 aromatic heterocycles. The van der Waals surface area contributed by atoms with E-state index in [1.165, 1.54) is 36.8 Å². The van der Waals surface area contributed by atoms with E-state index < -0.39 is 0 Å². The van der Waals surface area contributed by atoms with Crippen LogP contribution in [-0.2, 0) is 6.42 Å². The van der Waals surface area contributed by atoms with E-state index in [0.717, 1.165) is 25.8 Å². The van der Waals surface area contributed by atoms with Crippen molar-refractivity contribution in [3.8, 4) is 0 Å². The van der Waals surface area contributed by atoms with Gasteiger partial charge in [-0.15, -0.1) is 10.2 Å². The highest BCUT2D eigenvalue weighted by molar-refractivity contribution is 5.92. The van der Waals surface area contributed by atoms with Gasteiger partial charge in [0.15, 0.2) is 5.69 Å². The first-order valence-corrected chi connectivity index (χ1v) is 9.89. The van der Waals surface area contributed by atoms with Gasteiger partial charge in [0.25, 0.3) is 5.91 Å². The number of nitrogens with one attached hydrogen (secondary N) is 2. The highest BCUT2D eigenvalue weighted by Gasteiger charge is 2.08. The van der Waals surface area contributed by atoms with Crippen LogP contribution in [0.5, 0.6) is 0 Å². The monoisotopic (exact) mass is 364 g/mol. The van der Waals surface area contributed by atoms with E-state index in [4.69, 9.17) is 0 Å². The molecule has 2 N–H and O–H groups in total. The third-order valence-electron chi connectivity index (χ3n) is 4.81. The van der Waals surface area contributed by atoms with Crippen LogP contribution in [0, 0.1) is 0 Å². The summed E-state index contributed by atoms with van der Waals surface area (Å²) in [7, 11) is 0. The van der Waals surface area contributed by atoms with Gasteiger partial charge in [-0.2, -0.15) is 0 Å². The van der Waals surface area contributed by atoms with Gasteiger partial charge in [0.1, 0.15) is 5.82 Å². The lowest BCUT2D eigenvalue weighted by molar-refractivity contribution is 0.0947. The molecule has 5 nitrogen and oxygen atoms in total. The van der Waals surface area contributed by atoms with Gasteiger partial charge in [0, 0.05) is 13.1 Å². The molecule has 1 aliphatic rings. The number of carbonyl (C=O) groups is 1. The first-order valence-electron chi connectivity index (χ1n) is 9.89. The van der Waals surface area contributed by atoms with Gasteiger partial charge in [0.2, 0.25) is 0 Å². The molecule has 1 aromatic carbocycles. The minimum atomic E-state index is -0.172. The zero-order chi connectivity index (χ0) is 18.7. The molecule has 2 aromatic rings. The van der Waals surface area contributed by atoms with Crippen molar-refractivity contribution < 1.29 is 4.79 Å². The Bertz CT molecular complexity index is 741. The highest BCUT2D eigenvalue weighted by atomic mass is 16.1. The van der Waals surface area contributed by atoms with Crippen LogP contribution in [0.2, 0.25) is 0 Å². The van der Waals surface area contributed by atoms with Gasteiger partial charge < -0.3 is 10.6 Å². The Morgan fingerprint density at radius 2 is 1.85 bits per heavy atom. The molecule has 0 aliphatic heterocycles. The number of rotatable bonds is 9. The van der Waals surface area contributed by atoms with E-state index in [-0.39, 0.29) is 5.91 Å². The highest BCUT2D eigenvalue weighted by Crippen LogP contribution is 2.19. The number of hydrogen-bond acceptors (Lipinski definition) is 4. The molecule has 1 heterocycles. The summed E-state index contributed by atoms with van der Waals surface area (Å²) in [6.45, 7) is 1.48. The van der Waals surface area contributed by atoms with Crippen molar-refractivity contribution in [2.45, 2.75) is 44.9 Å². The molecule has 0 fully saturated rings. The van der Waals surface area contributed by atoms with Crippen LogP contribution in [0.1, 0.15) is 54.6 Å². The number of anilines is 1. The standard InChI is InChI=1S/C22H28N4O/c27-22(24-16-7-12-18-8-3-1-4-9-18)20-13-14-21(26-25-20)23-17-15-19-10-5-2-6-11-19/h1,3-4,8-10,13-14H,2,5-7,11-12,15-17H2,(H,23,26)(H,24,27). The molecule has 0 saturated carbocycles. The van der Waals surface area contributed by atoms with Gasteiger partial charge in [-0.1, -0.05) is 42.0 Å². The fraction of sp³-hybridized carbons (Fsp3) is 0.409. The number of carbonyl (C=O) groups excluding carboxylic acids is 1. The third-order valence-corrected chi connectivity index (χ3v) is 4.81. The van der Waals surface area contributed by atoms with Gasteiger partial charge in [-0.05, 0) is 62.6 Å². The number of allylic oxidation sites excluding steroid dienone is 1. The number of amides is 1. The molecule has 1 aliphatic carbocycles. The summed E-state index contributed by atoms with van der Waals surface area (Å²) in [4.78, 5) is 12.1. The van der Waals surface area contributed by atoms with E-state index in [1.54, 1.807) is 6.07 Å². The van der Waals surface area contributed by atoms with Crippen molar-refractivity contribution in [2.75, 3.05) is 18.4 Å². The van der Waals surface area contributed by atoms with Gasteiger partial charge in [-0.25, -0.2) is 0 Å². The van der Waals surface area contributed by atoms with Crippen LogP contribution in [0.25, 0.3) is 0 Å². The Morgan fingerprint density at radius 3 is 2.59 bits per heavy atom. The van der Waals surface area contributed by atoms with Crippen molar-refractivity contribution in [1.29, 1.82) is 0 Å². The number of nitrogens with zero attached hydrogens (tertiary/aromatic N) is 2.